The molecule has 2 aliphatic carbocycles. The van der Waals surface area contributed by atoms with Gasteiger partial charge in [0.2, 0.25) is 11.8 Å². The van der Waals surface area contributed by atoms with Gasteiger partial charge in [0, 0.05) is 98.5 Å². The zero-order chi connectivity index (χ0) is 42.0. The van der Waals surface area contributed by atoms with Crippen molar-refractivity contribution < 1.29 is 28.6 Å². The molecule has 1 saturated carbocycles. The summed E-state index contributed by atoms with van der Waals surface area (Å²) in [6.45, 7) is 9.76. The standard InChI is InChI=1S/C48H61N7O6/c1-5-47(15-8-9-16-54-40-23-33-31-11-6-7-14-41(56)42(31)49-37(33)26-36(40)48(27-59-3,28-60-4)46(54)58)35-25-38-34(32-13-10-12-30-29(2)51-52-44(30)43(32)50-38)24-39(35)55(45(47)57)18-17-53-19-21-61-22-20-53/h23-26,31,42,49-50H,5-22,27-28H2,1-4H3,(H,51,52). The molecule has 3 unspecified atom stereocenters. The number of carbonyl (C=O) groups is 3. The zero-order valence-electron chi connectivity index (χ0n) is 36.3. The number of rotatable bonds is 13. The van der Waals surface area contributed by atoms with E-state index in [0.29, 0.717) is 32.4 Å². The molecule has 13 heteroatoms. The van der Waals surface area contributed by atoms with Crippen molar-refractivity contribution in [3.05, 3.63) is 57.8 Å². The number of methoxy groups -OCH3 is 2. The van der Waals surface area contributed by atoms with Gasteiger partial charge in [0.25, 0.3) is 0 Å². The molecule has 2 amide bonds. The van der Waals surface area contributed by atoms with Crippen LogP contribution in [0.5, 0.6) is 0 Å². The highest BCUT2D eigenvalue weighted by Gasteiger charge is 2.54. The average Bonchev–Trinajstić information content (AvgIpc) is 3.96. The summed E-state index contributed by atoms with van der Waals surface area (Å²) in [5.74, 6) is 0.532. The molecule has 1 saturated heterocycles. The smallest absolute Gasteiger partial charge is 0.242 e. The number of hydrogen-bond donors (Lipinski definition) is 3. The summed E-state index contributed by atoms with van der Waals surface area (Å²) in [6, 6.07) is 8.63. The van der Waals surface area contributed by atoms with Crippen LogP contribution in [-0.4, -0.2) is 117 Å². The van der Waals surface area contributed by atoms with E-state index in [-0.39, 0.29) is 42.8 Å². The van der Waals surface area contributed by atoms with Crippen LogP contribution in [0.25, 0.3) is 22.3 Å². The third-order valence-electron chi connectivity index (χ3n) is 15.3. The first kappa shape index (κ1) is 40.5. The molecule has 6 heterocycles. The Morgan fingerprint density at radius 1 is 0.836 bits per heavy atom. The summed E-state index contributed by atoms with van der Waals surface area (Å²) in [4.78, 5) is 53.2. The Labute approximate surface area is 358 Å². The Morgan fingerprint density at radius 2 is 1.57 bits per heavy atom. The fraction of sp³-hybridized carbons (Fsp3) is 0.583. The molecule has 0 spiro atoms. The molecule has 4 aromatic rings. The molecular formula is C48H61N7O6. The number of ether oxygens (including phenoxy) is 3. The number of aromatic amines is 2. The SMILES string of the molecule is CCC1(CCCCN2C(=O)C(COC)(COC)c3cc4c(cc32)C2CCCCC(=O)C2N4)C(=O)N(CCN2CCOCC2)c2cc3c4c([nH]c3cc21)-c1n[nH]c(C)c1CCC4. The third-order valence-corrected chi connectivity index (χ3v) is 15.3. The highest BCUT2D eigenvalue weighted by Crippen LogP contribution is 2.52. The van der Waals surface area contributed by atoms with Crippen molar-refractivity contribution in [3.63, 3.8) is 0 Å². The Balaban J connectivity index is 0.960. The van der Waals surface area contributed by atoms with Crippen molar-refractivity contribution in [2.75, 3.05) is 88.5 Å². The molecule has 13 nitrogen and oxygen atoms in total. The maximum Gasteiger partial charge on any atom is 0.242 e. The summed E-state index contributed by atoms with van der Waals surface area (Å²) in [5, 5.41) is 12.7. The number of H-pyrrole nitrogens is 2. The normalized spacial score (nSPS) is 24.3. The lowest BCUT2D eigenvalue weighted by Gasteiger charge is -2.31. The monoisotopic (exact) mass is 831 g/mol. The fourth-order valence-corrected chi connectivity index (χ4v) is 12.0. The second-order valence-electron chi connectivity index (χ2n) is 18.5. The molecule has 324 valence electrons. The minimum Gasteiger partial charge on any atom is -0.383 e. The van der Waals surface area contributed by atoms with Crippen LogP contribution < -0.4 is 15.1 Å². The molecule has 10 rings (SSSR count). The highest BCUT2D eigenvalue weighted by molar-refractivity contribution is 6.11. The number of amides is 2. The van der Waals surface area contributed by atoms with Crippen molar-refractivity contribution in [2.24, 2.45) is 0 Å². The molecule has 4 aliphatic heterocycles. The lowest BCUT2D eigenvalue weighted by Crippen LogP contribution is -2.47. The molecule has 2 fully saturated rings. The molecule has 3 atom stereocenters. The van der Waals surface area contributed by atoms with Crippen molar-refractivity contribution in [3.8, 4) is 11.4 Å². The summed E-state index contributed by atoms with van der Waals surface area (Å²) in [7, 11) is 3.26. The average molecular weight is 832 g/mol. The Hall–Kier alpha value is -4.56. The van der Waals surface area contributed by atoms with Crippen molar-refractivity contribution >= 4 is 45.6 Å². The summed E-state index contributed by atoms with van der Waals surface area (Å²) >= 11 is 0. The van der Waals surface area contributed by atoms with E-state index in [1.165, 1.54) is 16.5 Å². The highest BCUT2D eigenvalue weighted by atomic mass is 16.5. The maximum atomic E-state index is 15.1. The van der Waals surface area contributed by atoms with Crippen LogP contribution >= 0.6 is 0 Å². The number of hydrogen-bond acceptors (Lipinski definition) is 9. The first-order valence-corrected chi connectivity index (χ1v) is 22.9. The number of aromatic nitrogens is 3. The van der Waals surface area contributed by atoms with Crippen LogP contribution in [0.15, 0.2) is 24.3 Å². The van der Waals surface area contributed by atoms with Crippen LogP contribution in [0.4, 0.5) is 17.1 Å². The Bertz CT molecular complexity index is 2370. The van der Waals surface area contributed by atoms with E-state index in [4.69, 9.17) is 19.3 Å². The third kappa shape index (κ3) is 6.39. The number of fused-ring (bicyclic) bond motifs is 10. The van der Waals surface area contributed by atoms with E-state index in [0.717, 1.165) is 141 Å². The fourth-order valence-electron chi connectivity index (χ4n) is 12.0. The van der Waals surface area contributed by atoms with Crippen LogP contribution in [0.3, 0.4) is 0 Å². The largest absolute Gasteiger partial charge is 0.383 e. The molecule has 6 aliphatic rings. The van der Waals surface area contributed by atoms with Crippen LogP contribution in [0.1, 0.15) is 104 Å². The molecule has 0 radical (unpaired) electrons. The molecule has 2 aromatic heterocycles. The van der Waals surface area contributed by atoms with Gasteiger partial charge in [-0.25, -0.2) is 0 Å². The van der Waals surface area contributed by atoms with E-state index in [1.807, 2.05) is 4.90 Å². The number of carbonyl (C=O) groups excluding carboxylic acids is 3. The van der Waals surface area contributed by atoms with Gasteiger partial charge in [-0.05, 0) is 105 Å². The van der Waals surface area contributed by atoms with E-state index in [9.17, 15) is 9.59 Å². The van der Waals surface area contributed by atoms with E-state index < -0.39 is 10.8 Å². The quantitative estimate of drug-likeness (QED) is 0.130. The first-order valence-electron chi connectivity index (χ1n) is 22.9. The lowest BCUT2D eigenvalue weighted by molar-refractivity contribution is -0.127. The maximum absolute atomic E-state index is 15.1. The van der Waals surface area contributed by atoms with E-state index >= 15 is 4.79 Å². The minimum absolute atomic E-state index is 0.0192. The molecule has 3 N–H and O–H groups in total. The minimum atomic E-state index is -0.995. The van der Waals surface area contributed by atoms with Gasteiger partial charge in [-0.3, -0.25) is 24.4 Å². The number of unbranched alkanes of at least 4 members (excludes halogenated alkanes) is 1. The zero-order valence-corrected chi connectivity index (χ0v) is 36.3. The number of ketones is 1. The van der Waals surface area contributed by atoms with Gasteiger partial charge < -0.3 is 34.3 Å². The number of anilines is 3. The molecular weight excluding hydrogens is 771 g/mol. The number of nitrogens with zero attached hydrogens (tertiary/aromatic N) is 4. The molecule has 61 heavy (non-hydrogen) atoms. The van der Waals surface area contributed by atoms with E-state index in [2.05, 4.69) is 63.3 Å². The summed E-state index contributed by atoms with van der Waals surface area (Å²) < 4.78 is 17.2. The molecule has 2 aromatic carbocycles. The topological polar surface area (TPSA) is 145 Å². The number of nitrogens with one attached hydrogen (secondary N) is 3. The van der Waals surface area contributed by atoms with Gasteiger partial charge in [-0.15, -0.1) is 0 Å². The van der Waals surface area contributed by atoms with Gasteiger partial charge in [0.15, 0.2) is 5.78 Å². The van der Waals surface area contributed by atoms with Crippen molar-refractivity contribution in [2.45, 2.75) is 107 Å². The second-order valence-corrected chi connectivity index (χ2v) is 18.5. The summed E-state index contributed by atoms with van der Waals surface area (Å²) in [5.41, 5.74) is 11.2. The van der Waals surface area contributed by atoms with Crippen LogP contribution in [-0.2, 0) is 52.3 Å². The Kier molecular flexibility index (Phi) is 10.6. The number of aryl methyl sites for hydroxylation is 2. The number of benzene rings is 2. The van der Waals surface area contributed by atoms with Crippen molar-refractivity contribution in [1.82, 2.24) is 20.1 Å². The number of Topliss-reactive ketones (excluding diaryl/α,β-unsaturated/α-hetero) is 1. The van der Waals surface area contributed by atoms with Gasteiger partial charge in [0.1, 0.15) is 11.1 Å². The van der Waals surface area contributed by atoms with Crippen molar-refractivity contribution in [1.29, 1.82) is 0 Å². The predicted octanol–water partition coefficient (Wildman–Crippen LogP) is 6.45. The molecule has 0 bridgehead atoms. The Morgan fingerprint density at radius 3 is 2.36 bits per heavy atom. The van der Waals surface area contributed by atoms with Crippen LogP contribution in [0, 0.1) is 6.92 Å². The number of morpholine rings is 1. The lowest BCUT2D eigenvalue weighted by atomic mass is 9.75. The van der Waals surface area contributed by atoms with E-state index in [1.54, 1.807) is 14.2 Å². The first-order chi connectivity index (χ1) is 29.7. The summed E-state index contributed by atoms with van der Waals surface area (Å²) in [6.07, 6.45) is 9.32. The predicted molar refractivity (Wildman–Crippen MR) is 236 cm³/mol. The van der Waals surface area contributed by atoms with Gasteiger partial charge >= 0.3 is 0 Å². The van der Waals surface area contributed by atoms with Crippen LogP contribution in [0.2, 0.25) is 0 Å². The van der Waals surface area contributed by atoms with Gasteiger partial charge in [-0.1, -0.05) is 19.8 Å². The second kappa shape index (κ2) is 16.0. The van der Waals surface area contributed by atoms with Gasteiger partial charge in [-0.2, -0.15) is 5.10 Å². The van der Waals surface area contributed by atoms with Gasteiger partial charge in [0.05, 0.1) is 43.6 Å².